The predicted molar refractivity (Wildman–Crippen MR) is 68.9 cm³/mol. The summed E-state index contributed by atoms with van der Waals surface area (Å²) in [4.78, 5) is 13.8. The van der Waals surface area contributed by atoms with E-state index in [1.165, 1.54) is 6.07 Å². The van der Waals surface area contributed by atoms with Gasteiger partial charge in [0.25, 0.3) is 5.91 Å². The molecule has 1 unspecified atom stereocenters. The number of rotatable bonds is 2. The predicted octanol–water partition coefficient (Wildman–Crippen LogP) is 2.99. The van der Waals surface area contributed by atoms with Crippen LogP contribution in [0.4, 0.5) is 4.39 Å². The molecule has 0 aromatic heterocycles. The van der Waals surface area contributed by atoms with Crippen molar-refractivity contribution in [3.05, 3.63) is 35.1 Å². The summed E-state index contributed by atoms with van der Waals surface area (Å²) in [5, 5.41) is 0.896. The standard InChI is InChI=1S/C13H15BrFNO/c1-9-2-3-11(12(15)6-9)13(17)16-5-4-10(7-14)8-16/h2-3,6,10H,4-5,7-8H2,1H3. The van der Waals surface area contributed by atoms with Crippen LogP contribution in [0.3, 0.4) is 0 Å². The van der Waals surface area contributed by atoms with Crippen LogP contribution in [0.5, 0.6) is 0 Å². The quantitative estimate of drug-likeness (QED) is 0.769. The molecule has 2 rings (SSSR count). The minimum Gasteiger partial charge on any atom is -0.338 e. The molecule has 4 heteroatoms. The molecule has 1 aliphatic rings. The fourth-order valence-corrected chi connectivity index (χ4v) is 2.64. The lowest BCUT2D eigenvalue weighted by atomic mass is 10.1. The number of hydrogen-bond acceptors (Lipinski definition) is 1. The van der Waals surface area contributed by atoms with Crippen LogP contribution in [0.25, 0.3) is 0 Å². The zero-order chi connectivity index (χ0) is 12.4. The molecule has 92 valence electrons. The van der Waals surface area contributed by atoms with E-state index in [4.69, 9.17) is 0 Å². The average molecular weight is 300 g/mol. The molecule has 1 aliphatic heterocycles. The Morgan fingerprint density at radius 2 is 2.35 bits per heavy atom. The van der Waals surface area contributed by atoms with E-state index in [2.05, 4.69) is 15.9 Å². The lowest BCUT2D eigenvalue weighted by Gasteiger charge is -2.16. The maximum Gasteiger partial charge on any atom is 0.256 e. The molecule has 1 amide bonds. The number of amides is 1. The minimum atomic E-state index is -0.419. The van der Waals surface area contributed by atoms with Crippen LogP contribution in [-0.4, -0.2) is 29.2 Å². The first-order valence-corrected chi connectivity index (χ1v) is 6.85. The molecule has 2 nitrogen and oxygen atoms in total. The van der Waals surface area contributed by atoms with Gasteiger partial charge in [0, 0.05) is 18.4 Å². The van der Waals surface area contributed by atoms with Crippen LogP contribution in [0.15, 0.2) is 18.2 Å². The number of hydrogen-bond donors (Lipinski definition) is 0. The van der Waals surface area contributed by atoms with Gasteiger partial charge in [-0.1, -0.05) is 22.0 Å². The third-order valence-electron chi connectivity index (χ3n) is 3.15. The Bertz CT molecular complexity index is 435. The second kappa shape index (κ2) is 5.17. The van der Waals surface area contributed by atoms with Crippen LogP contribution in [0.2, 0.25) is 0 Å². The van der Waals surface area contributed by atoms with Crippen molar-refractivity contribution in [1.82, 2.24) is 4.90 Å². The summed E-state index contributed by atoms with van der Waals surface area (Å²) in [5.41, 5.74) is 1.02. The summed E-state index contributed by atoms with van der Waals surface area (Å²) in [6, 6.07) is 4.76. The molecule has 17 heavy (non-hydrogen) atoms. The van der Waals surface area contributed by atoms with Crippen molar-refractivity contribution in [1.29, 1.82) is 0 Å². The minimum absolute atomic E-state index is 0.186. The molecule has 1 aromatic rings. The number of nitrogens with zero attached hydrogens (tertiary/aromatic N) is 1. The van der Waals surface area contributed by atoms with E-state index in [0.717, 1.165) is 30.4 Å². The normalized spacial score (nSPS) is 19.7. The van der Waals surface area contributed by atoms with Gasteiger partial charge in [-0.3, -0.25) is 4.79 Å². The zero-order valence-electron chi connectivity index (χ0n) is 9.75. The van der Waals surface area contributed by atoms with E-state index >= 15 is 0 Å². The Morgan fingerprint density at radius 3 is 2.94 bits per heavy atom. The van der Waals surface area contributed by atoms with Crippen molar-refractivity contribution in [2.75, 3.05) is 18.4 Å². The number of halogens is 2. The van der Waals surface area contributed by atoms with Crippen molar-refractivity contribution in [3.63, 3.8) is 0 Å². The second-order valence-corrected chi connectivity index (χ2v) is 5.19. The van der Waals surface area contributed by atoms with E-state index in [0.29, 0.717) is 5.92 Å². The van der Waals surface area contributed by atoms with Crippen LogP contribution in [0, 0.1) is 18.7 Å². The maximum atomic E-state index is 13.7. The Kier molecular flexibility index (Phi) is 3.82. The SMILES string of the molecule is Cc1ccc(C(=O)N2CCC(CBr)C2)c(F)c1. The summed E-state index contributed by atoms with van der Waals surface area (Å²) < 4.78 is 13.7. The highest BCUT2D eigenvalue weighted by Crippen LogP contribution is 2.21. The first kappa shape index (κ1) is 12.6. The van der Waals surface area contributed by atoms with Gasteiger partial charge in [0.05, 0.1) is 5.56 Å². The molecular weight excluding hydrogens is 285 g/mol. The zero-order valence-corrected chi connectivity index (χ0v) is 11.3. The lowest BCUT2D eigenvalue weighted by Crippen LogP contribution is -2.29. The van der Waals surface area contributed by atoms with E-state index < -0.39 is 5.82 Å². The highest BCUT2D eigenvalue weighted by atomic mass is 79.9. The number of alkyl halides is 1. The van der Waals surface area contributed by atoms with Gasteiger partial charge >= 0.3 is 0 Å². The summed E-state index contributed by atoms with van der Waals surface area (Å²) >= 11 is 3.42. The third-order valence-corrected chi connectivity index (χ3v) is 4.06. The third kappa shape index (κ3) is 2.68. The molecule has 1 aromatic carbocycles. The maximum absolute atomic E-state index is 13.7. The fourth-order valence-electron chi connectivity index (χ4n) is 2.11. The largest absolute Gasteiger partial charge is 0.338 e. The Labute approximate surface area is 109 Å². The lowest BCUT2D eigenvalue weighted by molar-refractivity contribution is 0.0784. The highest BCUT2D eigenvalue weighted by molar-refractivity contribution is 9.09. The topological polar surface area (TPSA) is 20.3 Å². The Balaban J connectivity index is 2.15. The van der Waals surface area contributed by atoms with Gasteiger partial charge in [0.1, 0.15) is 5.82 Å². The van der Waals surface area contributed by atoms with Crippen molar-refractivity contribution >= 4 is 21.8 Å². The molecule has 0 bridgehead atoms. The summed E-state index contributed by atoms with van der Waals surface area (Å²) in [7, 11) is 0. The Morgan fingerprint density at radius 1 is 1.59 bits per heavy atom. The van der Waals surface area contributed by atoms with Crippen LogP contribution >= 0.6 is 15.9 Å². The van der Waals surface area contributed by atoms with Crippen molar-refractivity contribution in [2.24, 2.45) is 5.92 Å². The first-order chi connectivity index (χ1) is 8.11. The summed E-state index contributed by atoms with van der Waals surface area (Å²) in [6.07, 6.45) is 0.991. The monoisotopic (exact) mass is 299 g/mol. The Hall–Kier alpha value is -0.900. The van der Waals surface area contributed by atoms with Gasteiger partial charge in [0.15, 0.2) is 0 Å². The smallest absolute Gasteiger partial charge is 0.256 e. The number of benzene rings is 1. The number of aryl methyl sites for hydroxylation is 1. The van der Waals surface area contributed by atoms with Gasteiger partial charge in [-0.05, 0) is 37.0 Å². The van der Waals surface area contributed by atoms with Crippen LogP contribution < -0.4 is 0 Å². The molecule has 0 saturated carbocycles. The van der Waals surface area contributed by atoms with Gasteiger partial charge in [-0.2, -0.15) is 0 Å². The average Bonchev–Trinajstić information content (AvgIpc) is 2.76. The van der Waals surface area contributed by atoms with Gasteiger partial charge < -0.3 is 4.90 Å². The second-order valence-electron chi connectivity index (χ2n) is 4.54. The first-order valence-electron chi connectivity index (χ1n) is 5.73. The molecular formula is C13H15BrFNO. The fraction of sp³-hybridized carbons (Fsp3) is 0.462. The molecule has 0 radical (unpaired) electrons. The van der Waals surface area contributed by atoms with Gasteiger partial charge in [-0.25, -0.2) is 4.39 Å². The molecule has 1 saturated heterocycles. The van der Waals surface area contributed by atoms with Gasteiger partial charge in [-0.15, -0.1) is 0 Å². The molecule has 0 N–H and O–H groups in total. The summed E-state index contributed by atoms with van der Waals surface area (Å²) in [5.74, 6) is -0.115. The van der Waals surface area contributed by atoms with Crippen LogP contribution in [-0.2, 0) is 0 Å². The summed E-state index contributed by atoms with van der Waals surface area (Å²) in [6.45, 7) is 3.26. The number of likely N-dealkylation sites (tertiary alicyclic amines) is 1. The van der Waals surface area contributed by atoms with E-state index in [9.17, 15) is 9.18 Å². The molecule has 1 heterocycles. The van der Waals surface area contributed by atoms with E-state index in [1.807, 2.05) is 6.92 Å². The van der Waals surface area contributed by atoms with Crippen molar-refractivity contribution in [3.8, 4) is 0 Å². The molecule has 1 fully saturated rings. The highest BCUT2D eigenvalue weighted by Gasteiger charge is 2.27. The number of carbonyl (C=O) groups excluding carboxylic acids is 1. The molecule has 0 aliphatic carbocycles. The van der Waals surface area contributed by atoms with Crippen LogP contribution in [0.1, 0.15) is 22.3 Å². The van der Waals surface area contributed by atoms with Crippen molar-refractivity contribution < 1.29 is 9.18 Å². The van der Waals surface area contributed by atoms with E-state index in [-0.39, 0.29) is 11.5 Å². The van der Waals surface area contributed by atoms with Gasteiger partial charge in [0.2, 0.25) is 0 Å². The van der Waals surface area contributed by atoms with E-state index in [1.54, 1.807) is 17.0 Å². The molecule has 1 atom stereocenters. The number of carbonyl (C=O) groups is 1. The molecule has 0 spiro atoms. The van der Waals surface area contributed by atoms with Crippen molar-refractivity contribution in [2.45, 2.75) is 13.3 Å².